The first-order valence-corrected chi connectivity index (χ1v) is 18.9. The van der Waals surface area contributed by atoms with Crippen LogP contribution in [0.3, 0.4) is 0 Å². The molecule has 1 aliphatic rings. The molecule has 54 heavy (non-hydrogen) atoms. The number of phenols is 1. The standard InChI is InChI=1S/C44H51N3O7/c1-31-10-8-13-34(26-31)44(52,43(51)54-30-33-20-23-47(24-21-33)29-32-11-4-2-5-12-32)35-14-9-15-36(27-35)53-25-7-3-6-22-45-28-40(49)37-16-18-39(48)42-38(37)17-19-41(50)46-42/h2,4-5,8-19,26-27,33,40,45,48-49,52H,3,6-7,20-25,28-30H2,1H3,(H,46,50). The van der Waals surface area contributed by atoms with Crippen LogP contribution in [0.1, 0.15) is 66.0 Å². The third-order valence-electron chi connectivity index (χ3n) is 10.3. The number of ether oxygens (including phenoxy) is 2. The number of nitrogens with zero attached hydrogens (tertiary/aromatic N) is 1. The molecule has 6 rings (SSSR count). The third-order valence-corrected chi connectivity index (χ3v) is 10.3. The number of hydrogen-bond acceptors (Lipinski definition) is 9. The molecule has 284 valence electrons. The summed E-state index contributed by atoms with van der Waals surface area (Å²) in [5.74, 6) is 0.0520. The summed E-state index contributed by atoms with van der Waals surface area (Å²) in [5.41, 5.74) is 1.68. The number of likely N-dealkylation sites (tertiary alicyclic amines) is 1. The smallest absolute Gasteiger partial charge is 0.347 e. The molecule has 10 heteroatoms. The van der Waals surface area contributed by atoms with Gasteiger partial charge in [0.05, 0.1) is 24.8 Å². The molecule has 0 aliphatic carbocycles. The van der Waals surface area contributed by atoms with Crippen LogP contribution in [-0.4, -0.2) is 70.6 Å². The van der Waals surface area contributed by atoms with Gasteiger partial charge in [0.25, 0.3) is 0 Å². The Morgan fingerprint density at radius 2 is 1.69 bits per heavy atom. The zero-order valence-corrected chi connectivity index (χ0v) is 30.9. The first kappa shape index (κ1) is 38.7. The van der Waals surface area contributed by atoms with Crippen LogP contribution in [0, 0.1) is 12.8 Å². The van der Waals surface area contributed by atoms with Crippen molar-refractivity contribution in [3.63, 3.8) is 0 Å². The Hall–Kier alpha value is -5.00. The number of aromatic amines is 1. The number of rotatable bonds is 17. The van der Waals surface area contributed by atoms with Crippen LogP contribution in [0.25, 0.3) is 10.9 Å². The van der Waals surface area contributed by atoms with Crippen molar-refractivity contribution in [1.29, 1.82) is 0 Å². The second kappa shape index (κ2) is 18.4. The molecular formula is C44H51N3O7. The van der Waals surface area contributed by atoms with E-state index in [-0.39, 0.29) is 23.8 Å². The van der Waals surface area contributed by atoms with E-state index < -0.39 is 17.7 Å². The minimum absolute atomic E-state index is 0.0399. The maximum Gasteiger partial charge on any atom is 0.347 e. The van der Waals surface area contributed by atoms with E-state index in [1.807, 2.05) is 37.3 Å². The first-order chi connectivity index (χ1) is 26.2. The minimum Gasteiger partial charge on any atom is -0.506 e. The number of esters is 1. The van der Waals surface area contributed by atoms with E-state index in [1.165, 1.54) is 17.7 Å². The molecule has 4 aromatic carbocycles. The van der Waals surface area contributed by atoms with Crippen LogP contribution in [0.5, 0.6) is 11.5 Å². The van der Waals surface area contributed by atoms with E-state index >= 15 is 0 Å². The molecule has 0 saturated carbocycles. The van der Waals surface area contributed by atoms with Crippen LogP contribution in [0.15, 0.2) is 108 Å². The molecular weight excluding hydrogens is 682 g/mol. The number of aromatic nitrogens is 1. The lowest BCUT2D eigenvalue weighted by atomic mass is 9.85. The fourth-order valence-corrected chi connectivity index (χ4v) is 7.15. The summed E-state index contributed by atoms with van der Waals surface area (Å²) >= 11 is 0. The van der Waals surface area contributed by atoms with Crippen LogP contribution in [0.2, 0.25) is 0 Å². The van der Waals surface area contributed by atoms with Crippen molar-refractivity contribution in [2.75, 3.05) is 39.4 Å². The monoisotopic (exact) mass is 733 g/mol. The number of aryl methyl sites for hydroxylation is 1. The van der Waals surface area contributed by atoms with Gasteiger partial charge < -0.3 is 35.1 Å². The quantitative estimate of drug-likeness (QED) is 0.0565. The van der Waals surface area contributed by atoms with Gasteiger partial charge in [-0.05, 0) is 106 Å². The van der Waals surface area contributed by atoms with E-state index in [9.17, 15) is 24.9 Å². The summed E-state index contributed by atoms with van der Waals surface area (Å²) in [6.07, 6.45) is 3.58. The van der Waals surface area contributed by atoms with Gasteiger partial charge in [0.15, 0.2) is 0 Å². The van der Waals surface area contributed by atoms with Crippen LogP contribution < -0.4 is 15.6 Å². The molecule has 2 unspecified atom stereocenters. The van der Waals surface area contributed by atoms with Crippen LogP contribution in [0.4, 0.5) is 0 Å². The summed E-state index contributed by atoms with van der Waals surface area (Å²) in [6, 6.07) is 31.0. The molecule has 1 saturated heterocycles. The van der Waals surface area contributed by atoms with Gasteiger partial charge >= 0.3 is 5.97 Å². The fraction of sp³-hybridized carbons (Fsp3) is 0.364. The van der Waals surface area contributed by atoms with Gasteiger partial charge in [0.2, 0.25) is 11.2 Å². The number of phenolic OH excluding ortho intramolecular Hbond substituents is 1. The van der Waals surface area contributed by atoms with E-state index in [0.717, 1.165) is 57.3 Å². The number of aromatic hydroxyl groups is 1. The van der Waals surface area contributed by atoms with E-state index in [4.69, 9.17) is 9.47 Å². The number of H-pyrrole nitrogens is 1. The van der Waals surface area contributed by atoms with Crippen LogP contribution in [-0.2, 0) is 21.7 Å². The van der Waals surface area contributed by atoms with Crippen molar-refractivity contribution in [3.05, 3.63) is 141 Å². The molecule has 10 nitrogen and oxygen atoms in total. The highest BCUT2D eigenvalue weighted by molar-refractivity contribution is 5.87. The number of carbonyl (C=O) groups excluding carboxylic acids is 1. The van der Waals surface area contributed by atoms with Crippen molar-refractivity contribution in [1.82, 2.24) is 15.2 Å². The fourth-order valence-electron chi connectivity index (χ4n) is 7.15. The number of piperidine rings is 1. The first-order valence-electron chi connectivity index (χ1n) is 18.9. The number of nitrogens with one attached hydrogen (secondary N) is 2. The van der Waals surface area contributed by atoms with Crippen molar-refractivity contribution in [2.24, 2.45) is 5.92 Å². The highest BCUT2D eigenvalue weighted by Crippen LogP contribution is 2.34. The number of benzene rings is 4. The number of aliphatic hydroxyl groups is 2. The second-order valence-electron chi connectivity index (χ2n) is 14.3. The van der Waals surface area contributed by atoms with Gasteiger partial charge in [0.1, 0.15) is 11.5 Å². The summed E-state index contributed by atoms with van der Waals surface area (Å²) in [6.45, 7) is 6.43. The van der Waals surface area contributed by atoms with E-state index in [2.05, 4.69) is 39.5 Å². The van der Waals surface area contributed by atoms with Gasteiger partial charge in [-0.25, -0.2) is 4.79 Å². The Morgan fingerprint density at radius 1 is 0.926 bits per heavy atom. The number of unbranched alkanes of at least 4 members (excludes halogenated alkanes) is 2. The lowest BCUT2D eigenvalue weighted by Gasteiger charge is -2.33. The SMILES string of the molecule is Cc1cccc(C(O)(C(=O)OCC2CCN(Cc3ccccc3)CC2)c2cccc(OCCCCCNCC(O)c3ccc(O)c4[nH]c(=O)ccc34)c2)c1. The zero-order valence-electron chi connectivity index (χ0n) is 30.9. The topological polar surface area (TPSA) is 144 Å². The average molecular weight is 734 g/mol. The van der Waals surface area contributed by atoms with Gasteiger partial charge in [-0.1, -0.05) is 78.4 Å². The molecule has 0 bridgehead atoms. The van der Waals surface area contributed by atoms with E-state index in [0.29, 0.717) is 53.0 Å². The Balaban J connectivity index is 0.976. The normalized spacial score (nSPS) is 15.5. The summed E-state index contributed by atoms with van der Waals surface area (Å²) in [4.78, 5) is 30.6. The van der Waals surface area contributed by atoms with Gasteiger partial charge in [0, 0.05) is 30.1 Å². The highest BCUT2D eigenvalue weighted by atomic mass is 16.5. The maximum absolute atomic E-state index is 13.9. The Labute approximate surface area is 316 Å². The molecule has 1 aromatic heterocycles. The van der Waals surface area contributed by atoms with Gasteiger partial charge in [-0.15, -0.1) is 0 Å². The Kier molecular flexibility index (Phi) is 13.2. The third kappa shape index (κ3) is 9.75. The second-order valence-corrected chi connectivity index (χ2v) is 14.3. The number of pyridine rings is 1. The predicted molar refractivity (Wildman–Crippen MR) is 209 cm³/mol. The maximum atomic E-state index is 13.9. The predicted octanol–water partition coefficient (Wildman–Crippen LogP) is 6.11. The number of aliphatic hydroxyl groups excluding tert-OH is 1. The van der Waals surface area contributed by atoms with Crippen molar-refractivity contribution in [2.45, 2.75) is 57.3 Å². The molecule has 0 radical (unpaired) electrons. The summed E-state index contributed by atoms with van der Waals surface area (Å²) in [7, 11) is 0. The summed E-state index contributed by atoms with van der Waals surface area (Å²) < 4.78 is 12.0. The van der Waals surface area contributed by atoms with E-state index in [1.54, 1.807) is 36.4 Å². The van der Waals surface area contributed by atoms with Crippen molar-refractivity contribution in [3.8, 4) is 11.5 Å². The Bertz CT molecular complexity index is 2040. The van der Waals surface area contributed by atoms with Crippen molar-refractivity contribution < 1.29 is 29.6 Å². The Morgan fingerprint density at radius 3 is 2.46 bits per heavy atom. The molecule has 1 aliphatic heterocycles. The largest absolute Gasteiger partial charge is 0.506 e. The minimum atomic E-state index is -2.00. The molecule has 2 heterocycles. The molecule has 5 N–H and O–H groups in total. The molecule has 2 atom stereocenters. The summed E-state index contributed by atoms with van der Waals surface area (Å²) in [5, 5.41) is 37.0. The highest BCUT2D eigenvalue weighted by Gasteiger charge is 2.42. The zero-order chi connectivity index (χ0) is 37.9. The molecule has 0 spiro atoms. The van der Waals surface area contributed by atoms with Crippen LogP contribution >= 0.6 is 0 Å². The average Bonchev–Trinajstić information content (AvgIpc) is 3.19. The van der Waals surface area contributed by atoms with Gasteiger partial charge in [-0.3, -0.25) is 9.69 Å². The molecule has 1 fully saturated rings. The molecule has 5 aromatic rings. The van der Waals surface area contributed by atoms with Crippen molar-refractivity contribution >= 4 is 16.9 Å². The molecule has 0 amide bonds. The number of hydrogen-bond donors (Lipinski definition) is 5. The number of carbonyl (C=O) groups is 1. The lowest BCUT2D eigenvalue weighted by Crippen LogP contribution is -2.40. The van der Waals surface area contributed by atoms with Gasteiger partial charge in [-0.2, -0.15) is 0 Å². The lowest BCUT2D eigenvalue weighted by molar-refractivity contribution is -0.164. The number of fused-ring (bicyclic) bond motifs is 1.